The number of aliphatic hydroxyl groups is 1. The molecule has 2 aromatic carbocycles. The van der Waals surface area contributed by atoms with E-state index in [9.17, 15) is 13.9 Å². The maximum absolute atomic E-state index is 13.9. The zero-order chi connectivity index (χ0) is 14.2. The zero-order valence-electron chi connectivity index (χ0n) is 10.5. The number of hydrogen-bond donors (Lipinski definition) is 1. The molecule has 1 nitrogen and oxygen atoms in total. The van der Waals surface area contributed by atoms with Crippen LogP contribution >= 0.6 is 15.9 Å². The summed E-state index contributed by atoms with van der Waals surface area (Å²) in [5.74, 6) is -1.13. The van der Waals surface area contributed by atoms with Crippen molar-refractivity contribution in [2.75, 3.05) is 0 Å². The van der Waals surface area contributed by atoms with Crippen LogP contribution in [-0.4, -0.2) is 5.11 Å². The summed E-state index contributed by atoms with van der Waals surface area (Å²) in [6.07, 6.45) is -1.19. The zero-order valence-corrected chi connectivity index (χ0v) is 12.1. The van der Waals surface area contributed by atoms with Crippen LogP contribution in [0.3, 0.4) is 0 Å². The Hall–Kier alpha value is -1.26. The molecule has 0 bridgehead atoms. The second-order valence-electron chi connectivity index (χ2n) is 4.53. The van der Waals surface area contributed by atoms with Gasteiger partial charge in [0.1, 0.15) is 17.7 Å². The predicted molar refractivity (Wildman–Crippen MR) is 74.0 cm³/mol. The number of halogens is 3. The van der Waals surface area contributed by atoms with Crippen LogP contribution in [0, 0.1) is 25.5 Å². The Morgan fingerprint density at radius 1 is 0.947 bits per heavy atom. The Labute approximate surface area is 119 Å². The molecule has 0 fully saturated rings. The van der Waals surface area contributed by atoms with Crippen LogP contribution < -0.4 is 0 Å². The molecule has 0 aromatic heterocycles. The lowest BCUT2D eigenvalue weighted by Gasteiger charge is -2.16. The molecular formula is C15H13BrF2O. The van der Waals surface area contributed by atoms with Gasteiger partial charge in [0, 0.05) is 10.0 Å². The molecule has 100 valence electrons. The third-order valence-corrected chi connectivity index (χ3v) is 3.60. The Balaban J connectivity index is 2.52. The van der Waals surface area contributed by atoms with Crippen molar-refractivity contribution in [1.29, 1.82) is 0 Å². The van der Waals surface area contributed by atoms with Crippen LogP contribution in [0.15, 0.2) is 34.8 Å². The van der Waals surface area contributed by atoms with E-state index in [0.717, 1.165) is 22.2 Å². The molecule has 19 heavy (non-hydrogen) atoms. The van der Waals surface area contributed by atoms with Gasteiger partial charge in [0.05, 0.1) is 0 Å². The quantitative estimate of drug-likeness (QED) is 0.865. The van der Waals surface area contributed by atoms with Crippen LogP contribution in [0.4, 0.5) is 8.78 Å². The number of rotatable bonds is 2. The second kappa shape index (κ2) is 5.39. The number of benzene rings is 2. The maximum atomic E-state index is 13.9. The van der Waals surface area contributed by atoms with E-state index in [4.69, 9.17) is 0 Å². The van der Waals surface area contributed by atoms with Gasteiger partial charge in [-0.1, -0.05) is 22.0 Å². The van der Waals surface area contributed by atoms with Crippen LogP contribution in [-0.2, 0) is 0 Å². The van der Waals surface area contributed by atoms with Crippen molar-refractivity contribution >= 4 is 15.9 Å². The minimum absolute atomic E-state index is 0.0516. The van der Waals surface area contributed by atoms with Gasteiger partial charge in [-0.3, -0.25) is 0 Å². The van der Waals surface area contributed by atoms with E-state index in [2.05, 4.69) is 15.9 Å². The molecule has 0 aliphatic rings. The summed E-state index contributed by atoms with van der Waals surface area (Å²) in [4.78, 5) is 0. The SMILES string of the molecule is Cc1cc(F)c(C(O)c2cc(Br)ccc2C)cc1F. The Morgan fingerprint density at radius 2 is 1.63 bits per heavy atom. The normalized spacial score (nSPS) is 12.5. The van der Waals surface area contributed by atoms with Gasteiger partial charge in [-0.25, -0.2) is 8.78 Å². The first-order valence-electron chi connectivity index (χ1n) is 5.80. The van der Waals surface area contributed by atoms with Crippen molar-refractivity contribution in [3.8, 4) is 0 Å². The minimum Gasteiger partial charge on any atom is -0.384 e. The van der Waals surface area contributed by atoms with E-state index in [1.807, 2.05) is 19.1 Å². The van der Waals surface area contributed by atoms with Crippen LogP contribution in [0.25, 0.3) is 0 Å². The highest BCUT2D eigenvalue weighted by Gasteiger charge is 2.19. The van der Waals surface area contributed by atoms with Gasteiger partial charge in [-0.05, 0) is 54.8 Å². The molecule has 0 amide bonds. The van der Waals surface area contributed by atoms with Crippen LogP contribution in [0.2, 0.25) is 0 Å². The summed E-state index contributed by atoms with van der Waals surface area (Å²) >= 11 is 3.30. The Morgan fingerprint density at radius 3 is 2.32 bits per heavy atom. The van der Waals surface area contributed by atoms with Gasteiger partial charge in [-0.2, -0.15) is 0 Å². The summed E-state index contributed by atoms with van der Waals surface area (Å²) in [6, 6.07) is 7.50. The number of aliphatic hydroxyl groups excluding tert-OH is 1. The van der Waals surface area contributed by atoms with E-state index in [-0.39, 0.29) is 11.1 Å². The third kappa shape index (κ3) is 2.85. The standard InChI is InChI=1S/C15H13BrF2O/c1-8-3-4-10(16)6-11(8)15(19)12-7-13(17)9(2)5-14(12)18/h3-7,15,19H,1-2H3. The molecule has 1 atom stereocenters. The highest BCUT2D eigenvalue weighted by Crippen LogP contribution is 2.30. The van der Waals surface area contributed by atoms with Gasteiger partial charge in [0.15, 0.2) is 0 Å². The molecule has 0 aliphatic heterocycles. The van der Waals surface area contributed by atoms with Gasteiger partial charge in [-0.15, -0.1) is 0 Å². The van der Waals surface area contributed by atoms with Crippen LogP contribution in [0.1, 0.15) is 28.4 Å². The summed E-state index contributed by atoms with van der Waals surface area (Å²) < 4.78 is 28.2. The number of aryl methyl sites for hydroxylation is 2. The Bertz CT molecular complexity index is 626. The first-order chi connectivity index (χ1) is 8.90. The summed E-state index contributed by atoms with van der Waals surface area (Å²) in [6.45, 7) is 3.30. The van der Waals surface area contributed by atoms with Gasteiger partial charge >= 0.3 is 0 Å². The van der Waals surface area contributed by atoms with Crippen molar-refractivity contribution in [2.24, 2.45) is 0 Å². The fourth-order valence-electron chi connectivity index (χ4n) is 1.94. The topological polar surface area (TPSA) is 20.2 Å². The van der Waals surface area contributed by atoms with E-state index in [0.29, 0.717) is 5.56 Å². The van der Waals surface area contributed by atoms with Gasteiger partial charge in [0.2, 0.25) is 0 Å². The van der Waals surface area contributed by atoms with Crippen molar-refractivity contribution in [2.45, 2.75) is 20.0 Å². The van der Waals surface area contributed by atoms with Crippen molar-refractivity contribution in [1.82, 2.24) is 0 Å². The molecule has 1 unspecified atom stereocenters. The first-order valence-corrected chi connectivity index (χ1v) is 6.59. The second-order valence-corrected chi connectivity index (χ2v) is 5.44. The molecule has 0 radical (unpaired) electrons. The first kappa shape index (κ1) is 14.2. The van der Waals surface area contributed by atoms with Crippen molar-refractivity contribution in [3.05, 3.63) is 68.7 Å². The maximum Gasteiger partial charge on any atom is 0.129 e. The molecule has 2 rings (SSSR count). The summed E-state index contributed by atoms with van der Waals surface area (Å²) in [5.41, 5.74) is 1.54. The highest BCUT2D eigenvalue weighted by molar-refractivity contribution is 9.10. The summed E-state index contributed by atoms with van der Waals surface area (Å²) in [5, 5.41) is 10.3. The molecular weight excluding hydrogens is 314 g/mol. The molecule has 0 saturated heterocycles. The fourth-order valence-corrected chi connectivity index (χ4v) is 2.32. The third-order valence-electron chi connectivity index (χ3n) is 3.11. The van der Waals surface area contributed by atoms with E-state index >= 15 is 0 Å². The molecule has 2 aromatic rings. The average molecular weight is 327 g/mol. The predicted octanol–water partition coefficient (Wildman–Crippen LogP) is 4.43. The van der Waals surface area contributed by atoms with E-state index in [1.54, 1.807) is 6.07 Å². The van der Waals surface area contributed by atoms with E-state index < -0.39 is 17.7 Å². The molecule has 0 saturated carbocycles. The highest BCUT2D eigenvalue weighted by atomic mass is 79.9. The molecule has 0 heterocycles. The van der Waals surface area contributed by atoms with Crippen molar-refractivity contribution in [3.63, 3.8) is 0 Å². The molecule has 4 heteroatoms. The van der Waals surface area contributed by atoms with Crippen LogP contribution in [0.5, 0.6) is 0 Å². The van der Waals surface area contributed by atoms with Gasteiger partial charge in [0.25, 0.3) is 0 Å². The lowest BCUT2D eigenvalue weighted by atomic mass is 9.96. The molecule has 0 aliphatic carbocycles. The van der Waals surface area contributed by atoms with Crippen molar-refractivity contribution < 1.29 is 13.9 Å². The molecule has 1 N–H and O–H groups in total. The lowest BCUT2D eigenvalue weighted by Crippen LogP contribution is -2.06. The fraction of sp³-hybridized carbons (Fsp3) is 0.200. The number of hydrogen-bond acceptors (Lipinski definition) is 1. The smallest absolute Gasteiger partial charge is 0.129 e. The van der Waals surface area contributed by atoms with Gasteiger partial charge < -0.3 is 5.11 Å². The summed E-state index contributed by atoms with van der Waals surface area (Å²) in [7, 11) is 0. The average Bonchev–Trinajstić information content (AvgIpc) is 2.36. The minimum atomic E-state index is -1.19. The molecule has 0 spiro atoms. The largest absolute Gasteiger partial charge is 0.384 e. The lowest BCUT2D eigenvalue weighted by molar-refractivity contribution is 0.213. The Kier molecular flexibility index (Phi) is 4.02. The monoisotopic (exact) mass is 326 g/mol. The van der Waals surface area contributed by atoms with E-state index in [1.165, 1.54) is 6.92 Å².